The van der Waals surface area contributed by atoms with E-state index in [4.69, 9.17) is 11.8 Å². The summed E-state index contributed by atoms with van der Waals surface area (Å²) in [4.78, 5) is 11.7. The summed E-state index contributed by atoms with van der Waals surface area (Å²) >= 11 is 5.81. The average Bonchev–Trinajstić information content (AvgIpc) is 2.22. The van der Waals surface area contributed by atoms with Crippen molar-refractivity contribution in [2.75, 3.05) is 0 Å². The lowest BCUT2D eigenvalue weighted by molar-refractivity contribution is -0.113. The molecule has 1 heterocycles. The molecular formula is C12H19OPS. The third-order valence-corrected chi connectivity index (χ3v) is 9.55. The fourth-order valence-corrected chi connectivity index (χ4v) is 6.24. The van der Waals surface area contributed by atoms with Crippen molar-refractivity contribution >= 4 is 23.6 Å². The summed E-state index contributed by atoms with van der Waals surface area (Å²) in [5.74, 6) is 2.33. The smallest absolute Gasteiger partial charge is 0.161 e. The molecule has 0 radical (unpaired) electrons. The molecule has 0 spiro atoms. The van der Waals surface area contributed by atoms with Crippen molar-refractivity contribution in [2.24, 2.45) is 0 Å². The highest BCUT2D eigenvalue weighted by molar-refractivity contribution is 8.19. The maximum atomic E-state index is 11.7. The third-order valence-electron chi connectivity index (χ3n) is 2.98. The number of Topliss-reactive ketones (excluding diaryl/α,β-unsaturated/α-hetero) is 1. The summed E-state index contributed by atoms with van der Waals surface area (Å²) in [6.45, 7) is 12.1. The summed E-state index contributed by atoms with van der Waals surface area (Å²) in [5, 5.41) is 0.921. The normalized spacial score (nSPS) is 26.9. The molecule has 15 heavy (non-hydrogen) atoms. The Morgan fingerprint density at radius 3 is 2.07 bits per heavy atom. The summed E-state index contributed by atoms with van der Waals surface area (Å²) in [6.07, 6.45) is 0. The Bertz CT molecular complexity index is 421. The van der Waals surface area contributed by atoms with E-state index in [9.17, 15) is 4.79 Å². The number of allylic oxidation sites excluding steroid dienone is 3. The van der Waals surface area contributed by atoms with Crippen LogP contribution >= 0.6 is 6.04 Å². The lowest BCUT2D eigenvalue weighted by atomic mass is 10.1. The van der Waals surface area contributed by atoms with Crippen LogP contribution in [-0.2, 0) is 16.6 Å². The van der Waals surface area contributed by atoms with Crippen molar-refractivity contribution in [3.63, 3.8) is 0 Å². The van der Waals surface area contributed by atoms with E-state index in [2.05, 4.69) is 33.5 Å². The van der Waals surface area contributed by atoms with Gasteiger partial charge in [-0.05, 0) is 42.9 Å². The number of ketones is 1. The quantitative estimate of drug-likeness (QED) is 0.645. The van der Waals surface area contributed by atoms with Gasteiger partial charge in [0.2, 0.25) is 0 Å². The molecule has 0 aliphatic carbocycles. The first-order valence-corrected chi connectivity index (χ1v) is 8.00. The van der Waals surface area contributed by atoms with Crippen molar-refractivity contribution in [3.8, 4) is 0 Å². The van der Waals surface area contributed by atoms with E-state index in [-0.39, 0.29) is 10.9 Å². The Morgan fingerprint density at radius 2 is 1.80 bits per heavy atom. The molecule has 3 heteroatoms. The third kappa shape index (κ3) is 1.90. The van der Waals surface area contributed by atoms with Crippen LogP contribution in [0.4, 0.5) is 0 Å². The fourth-order valence-electron chi connectivity index (χ4n) is 1.90. The van der Waals surface area contributed by atoms with Crippen LogP contribution in [0.3, 0.4) is 0 Å². The Labute approximate surface area is 97.7 Å². The van der Waals surface area contributed by atoms with E-state index in [0.29, 0.717) is 0 Å². The van der Waals surface area contributed by atoms with Crippen LogP contribution in [0.5, 0.6) is 0 Å². The van der Waals surface area contributed by atoms with Gasteiger partial charge in [0.1, 0.15) is 0 Å². The minimum atomic E-state index is -1.83. The molecule has 0 amide bonds. The Kier molecular flexibility index (Phi) is 3.15. The van der Waals surface area contributed by atoms with Gasteiger partial charge in [-0.15, -0.1) is 0 Å². The second-order valence-electron chi connectivity index (χ2n) is 5.17. The molecule has 0 bridgehead atoms. The lowest BCUT2D eigenvalue weighted by Gasteiger charge is -2.32. The minimum Gasteiger partial charge on any atom is -0.294 e. The number of carbonyl (C=O) groups is 1. The van der Waals surface area contributed by atoms with Gasteiger partial charge in [0, 0.05) is 11.4 Å². The molecule has 1 nitrogen and oxygen atoms in total. The number of hydrogen-bond acceptors (Lipinski definition) is 2. The maximum absolute atomic E-state index is 11.7. The van der Waals surface area contributed by atoms with Gasteiger partial charge in [-0.2, -0.15) is 0 Å². The van der Waals surface area contributed by atoms with Crippen molar-refractivity contribution in [1.29, 1.82) is 0 Å². The monoisotopic (exact) mass is 242 g/mol. The number of rotatable bonds is 1. The zero-order valence-corrected chi connectivity index (χ0v) is 12.1. The van der Waals surface area contributed by atoms with Gasteiger partial charge in [-0.3, -0.25) is 4.79 Å². The molecule has 0 fully saturated rings. The van der Waals surface area contributed by atoms with Crippen LogP contribution in [-0.4, -0.2) is 10.9 Å². The fraction of sp³-hybridized carbons (Fsp3) is 0.583. The Balaban J connectivity index is 3.49. The SMILES string of the molecule is CC(=O)C1=C(C)C(C)=CP1(=S)C(C)(C)C. The number of carbonyl (C=O) groups excluding carboxylic acids is 1. The molecule has 0 aromatic heterocycles. The highest BCUT2D eigenvalue weighted by Gasteiger charge is 2.39. The maximum Gasteiger partial charge on any atom is 0.161 e. The van der Waals surface area contributed by atoms with Gasteiger partial charge >= 0.3 is 0 Å². The Morgan fingerprint density at radius 1 is 1.33 bits per heavy atom. The van der Waals surface area contributed by atoms with Gasteiger partial charge in [0.25, 0.3) is 0 Å². The predicted molar refractivity (Wildman–Crippen MR) is 71.2 cm³/mol. The van der Waals surface area contributed by atoms with E-state index in [1.807, 2.05) is 6.92 Å². The molecule has 84 valence electrons. The largest absolute Gasteiger partial charge is 0.294 e. The standard InChI is InChI=1S/C12H19OPS/c1-8-7-14(15,12(4,5)6)11(9(8)2)10(3)13/h7H,1-6H3. The van der Waals surface area contributed by atoms with E-state index >= 15 is 0 Å². The minimum absolute atomic E-state index is 0.00234. The van der Waals surface area contributed by atoms with Crippen LogP contribution < -0.4 is 0 Å². The molecule has 0 saturated heterocycles. The van der Waals surface area contributed by atoms with Crippen LogP contribution in [0.2, 0.25) is 0 Å². The zero-order chi connectivity index (χ0) is 12.0. The summed E-state index contributed by atoms with van der Waals surface area (Å²) in [7, 11) is 0. The van der Waals surface area contributed by atoms with Crippen LogP contribution in [0.1, 0.15) is 41.5 Å². The molecule has 0 aromatic carbocycles. The second kappa shape index (κ2) is 3.68. The van der Waals surface area contributed by atoms with E-state index in [1.165, 1.54) is 5.57 Å². The summed E-state index contributed by atoms with van der Waals surface area (Å²) in [6, 6.07) is -1.83. The van der Waals surface area contributed by atoms with Gasteiger partial charge < -0.3 is 0 Å². The lowest BCUT2D eigenvalue weighted by Crippen LogP contribution is -2.16. The van der Waals surface area contributed by atoms with Crippen LogP contribution in [0, 0.1) is 0 Å². The highest BCUT2D eigenvalue weighted by Crippen LogP contribution is 2.70. The molecule has 1 aliphatic rings. The van der Waals surface area contributed by atoms with Gasteiger partial charge in [0.15, 0.2) is 5.78 Å². The molecule has 1 atom stereocenters. The molecular weight excluding hydrogens is 223 g/mol. The van der Waals surface area contributed by atoms with Crippen molar-refractivity contribution in [3.05, 3.63) is 22.3 Å². The van der Waals surface area contributed by atoms with Gasteiger partial charge in [-0.25, -0.2) is 0 Å². The van der Waals surface area contributed by atoms with Gasteiger partial charge in [0.05, 0.1) is 0 Å². The van der Waals surface area contributed by atoms with Crippen LogP contribution in [0.15, 0.2) is 22.3 Å². The molecule has 1 unspecified atom stereocenters. The first kappa shape index (κ1) is 12.9. The zero-order valence-electron chi connectivity index (χ0n) is 10.3. The molecule has 0 aromatic rings. The molecule has 1 aliphatic heterocycles. The highest BCUT2D eigenvalue weighted by atomic mass is 32.4. The van der Waals surface area contributed by atoms with E-state index in [0.717, 1.165) is 10.9 Å². The topological polar surface area (TPSA) is 17.1 Å². The summed E-state index contributed by atoms with van der Waals surface area (Å²) in [5.41, 5.74) is 2.30. The first-order valence-electron chi connectivity index (χ1n) is 5.13. The number of hydrogen-bond donors (Lipinski definition) is 0. The predicted octanol–water partition coefficient (Wildman–Crippen LogP) is 4.04. The second-order valence-corrected chi connectivity index (χ2v) is 10.3. The van der Waals surface area contributed by atoms with Gasteiger partial charge in [-0.1, -0.05) is 32.6 Å². The average molecular weight is 242 g/mol. The molecule has 1 rings (SSSR count). The molecule has 0 saturated carbocycles. The van der Waals surface area contributed by atoms with Crippen LogP contribution in [0.25, 0.3) is 0 Å². The van der Waals surface area contributed by atoms with Crippen molar-refractivity contribution in [1.82, 2.24) is 0 Å². The van der Waals surface area contributed by atoms with E-state index < -0.39 is 6.04 Å². The summed E-state index contributed by atoms with van der Waals surface area (Å²) < 4.78 is 0. The van der Waals surface area contributed by atoms with Crippen molar-refractivity contribution < 1.29 is 4.79 Å². The first-order chi connectivity index (χ1) is 6.61. The Hall–Kier alpha value is -0.200. The van der Waals surface area contributed by atoms with E-state index in [1.54, 1.807) is 6.92 Å². The van der Waals surface area contributed by atoms with Crippen molar-refractivity contribution in [2.45, 2.75) is 46.7 Å². The molecule has 0 N–H and O–H groups in total.